The van der Waals surface area contributed by atoms with Gasteiger partial charge in [0.1, 0.15) is 0 Å². The van der Waals surface area contributed by atoms with E-state index < -0.39 is 0 Å². The van der Waals surface area contributed by atoms with Crippen molar-refractivity contribution in [1.82, 2.24) is 0 Å². The van der Waals surface area contributed by atoms with E-state index in [1.165, 1.54) is 44.1 Å². The van der Waals surface area contributed by atoms with Gasteiger partial charge >= 0.3 is 0 Å². The summed E-state index contributed by atoms with van der Waals surface area (Å²) in [5.41, 5.74) is 1.81. The van der Waals surface area contributed by atoms with E-state index >= 15 is 0 Å². The first-order chi connectivity index (χ1) is 6.04. The standard InChI is InChI=1S/C13H26/c1-6-8-9-10-12(3)13(4,5)11-7-2/h3,6-11H2,1-2,4-5H3. The van der Waals surface area contributed by atoms with Crippen LogP contribution in [-0.4, -0.2) is 0 Å². The van der Waals surface area contributed by atoms with Crippen LogP contribution in [0.3, 0.4) is 0 Å². The van der Waals surface area contributed by atoms with Crippen molar-refractivity contribution in [3.63, 3.8) is 0 Å². The lowest BCUT2D eigenvalue weighted by atomic mass is 9.79. The smallest absolute Gasteiger partial charge is 0.0147 e. The molecule has 0 aliphatic carbocycles. The molecule has 0 aromatic heterocycles. The van der Waals surface area contributed by atoms with Gasteiger partial charge in [0.25, 0.3) is 0 Å². The molecule has 0 saturated carbocycles. The van der Waals surface area contributed by atoms with Crippen LogP contribution >= 0.6 is 0 Å². The van der Waals surface area contributed by atoms with Gasteiger partial charge in [-0.25, -0.2) is 0 Å². The number of hydrogen-bond donors (Lipinski definition) is 0. The summed E-state index contributed by atoms with van der Waals surface area (Å²) in [6, 6.07) is 0. The Labute approximate surface area is 84.4 Å². The average Bonchev–Trinajstić information content (AvgIpc) is 2.04. The molecule has 0 heterocycles. The third kappa shape index (κ3) is 5.13. The monoisotopic (exact) mass is 182 g/mol. The van der Waals surface area contributed by atoms with Crippen LogP contribution in [0.15, 0.2) is 12.2 Å². The predicted octanol–water partition coefficient (Wildman–Crippen LogP) is 4.95. The third-order valence-electron chi connectivity index (χ3n) is 2.91. The van der Waals surface area contributed by atoms with Crippen LogP contribution < -0.4 is 0 Å². The lowest BCUT2D eigenvalue weighted by Crippen LogP contribution is -2.13. The Bertz CT molecular complexity index is 142. The summed E-state index contributed by atoms with van der Waals surface area (Å²) < 4.78 is 0. The highest BCUT2D eigenvalue weighted by atomic mass is 14.2. The summed E-state index contributed by atoms with van der Waals surface area (Å²) in [6.45, 7) is 13.4. The van der Waals surface area contributed by atoms with Gasteiger partial charge in [0.05, 0.1) is 0 Å². The Morgan fingerprint density at radius 3 is 2.15 bits per heavy atom. The van der Waals surface area contributed by atoms with Crippen LogP contribution in [0, 0.1) is 5.41 Å². The number of hydrogen-bond acceptors (Lipinski definition) is 0. The third-order valence-corrected chi connectivity index (χ3v) is 2.91. The zero-order chi connectivity index (χ0) is 10.3. The first-order valence-corrected chi connectivity index (χ1v) is 5.72. The molecule has 0 nitrogen and oxygen atoms in total. The highest BCUT2D eigenvalue weighted by Crippen LogP contribution is 2.33. The molecule has 0 fully saturated rings. The molecule has 0 bridgehead atoms. The van der Waals surface area contributed by atoms with E-state index in [-0.39, 0.29) is 0 Å². The van der Waals surface area contributed by atoms with E-state index in [1.807, 2.05) is 0 Å². The normalized spacial score (nSPS) is 11.7. The fourth-order valence-corrected chi connectivity index (χ4v) is 1.73. The van der Waals surface area contributed by atoms with Gasteiger partial charge in [-0.2, -0.15) is 0 Å². The summed E-state index contributed by atoms with van der Waals surface area (Å²) in [6.07, 6.45) is 7.74. The van der Waals surface area contributed by atoms with Crippen LogP contribution in [0.2, 0.25) is 0 Å². The van der Waals surface area contributed by atoms with Crippen molar-refractivity contribution >= 4 is 0 Å². The Morgan fingerprint density at radius 1 is 1.08 bits per heavy atom. The molecule has 0 unspecified atom stereocenters. The van der Waals surface area contributed by atoms with E-state index in [0.717, 1.165) is 0 Å². The van der Waals surface area contributed by atoms with E-state index in [9.17, 15) is 0 Å². The van der Waals surface area contributed by atoms with Gasteiger partial charge in [0, 0.05) is 0 Å². The molecule has 0 N–H and O–H groups in total. The van der Waals surface area contributed by atoms with E-state index in [4.69, 9.17) is 0 Å². The van der Waals surface area contributed by atoms with E-state index in [1.54, 1.807) is 0 Å². The molecule has 0 aromatic carbocycles. The largest absolute Gasteiger partial charge is 0.0993 e. The summed E-state index contributed by atoms with van der Waals surface area (Å²) in [4.78, 5) is 0. The van der Waals surface area contributed by atoms with Crippen LogP contribution in [0.25, 0.3) is 0 Å². The van der Waals surface area contributed by atoms with Gasteiger partial charge in [-0.3, -0.25) is 0 Å². The minimum Gasteiger partial charge on any atom is -0.0993 e. The van der Waals surface area contributed by atoms with Crippen molar-refractivity contribution in [1.29, 1.82) is 0 Å². The van der Waals surface area contributed by atoms with Gasteiger partial charge in [-0.05, 0) is 24.7 Å². The zero-order valence-corrected chi connectivity index (χ0v) is 9.95. The second-order valence-electron chi connectivity index (χ2n) is 4.69. The molecule has 0 aliphatic heterocycles. The van der Waals surface area contributed by atoms with Crippen LogP contribution in [-0.2, 0) is 0 Å². The zero-order valence-electron chi connectivity index (χ0n) is 9.95. The van der Waals surface area contributed by atoms with Crippen molar-refractivity contribution in [2.24, 2.45) is 5.41 Å². The van der Waals surface area contributed by atoms with Crippen LogP contribution in [0.5, 0.6) is 0 Å². The average molecular weight is 182 g/mol. The van der Waals surface area contributed by atoms with Crippen molar-refractivity contribution in [2.45, 2.75) is 66.2 Å². The molecule has 78 valence electrons. The minimum atomic E-state index is 0.364. The molecule has 0 aliphatic rings. The fourth-order valence-electron chi connectivity index (χ4n) is 1.73. The molecule has 0 rings (SSSR count). The van der Waals surface area contributed by atoms with Gasteiger partial charge in [0.15, 0.2) is 0 Å². The molecular weight excluding hydrogens is 156 g/mol. The highest BCUT2D eigenvalue weighted by Gasteiger charge is 2.19. The highest BCUT2D eigenvalue weighted by molar-refractivity contribution is 5.06. The fraction of sp³-hybridized carbons (Fsp3) is 0.846. The maximum Gasteiger partial charge on any atom is -0.0147 e. The molecule has 0 heteroatoms. The van der Waals surface area contributed by atoms with E-state index in [0.29, 0.717) is 5.41 Å². The molecule has 0 radical (unpaired) electrons. The maximum atomic E-state index is 4.22. The molecule has 13 heavy (non-hydrogen) atoms. The Kier molecular flexibility index (Phi) is 6.11. The number of rotatable bonds is 7. The summed E-state index contributed by atoms with van der Waals surface area (Å²) in [5.74, 6) is 0. The minimum absolute atomic E-state index is 0.364. The van der Waals surface area contributed by atoms with Crippen LogP contribution in [0.4, 0.5) is 0 Å². The van der Waals surface area contributed by atoms with Crippen LogP contribution in [0.1, 0.15) is 66.2 Å². The van der Waals surface area contributed by atoms with Gasteiger partial charge in [-0.1, -0.05) is 59.1 Å². The van der Waals surface area contributed by atoms with E-state index in [2.05, 4.69) is 34.3 Å². The lowest BCUT2D eigenvalue weighted by Gasteiger charge is -2.27. The second kappa shape index (κ2) is 6.23. The molecule has 0 spiro atoms. The molecule has 0 atom stereocenters. The maximum absolute atomic E-state index is 4.22. The predicted molar refractivity (Wildman–Crippen MR) is 62.0 cm³/mol. The van der Waals surface area contributed by atoms with Gasteiger partial charge in [-0.15, -0.1) is 0 Å². The van der Waals surface area contributed by atoms with Crippen molar-refractivity contribution in [2.75, 3.05) is 0 Å². The Morgan fingerprint density at radius 2 is 1.69 bits per heavy atom. The summed E-state index contributed by atoms with van der Waals surface area (Å²) in [5, 5.41) is 0. The SMILES string of the molecule is C=C(CCCCC)C(C)(C)CCC. The lowest BCUT2D eigenvalue weighted by molar-refractivity contribution is 0.387. The first kappa shape index (κ1) is 12.7. The molecule has 0 saturated heterocycles. The topological polar surface area (TPSA) is 0 Å². The quantitative estimate of drug-likeness (QED) is 0.386. The van der Waals surface area contributed by atoms with Crippen molar-refractivity contribution in [3.8, 4) is 0 Å². The summed E-state index contributed by atoms with van der Waals surface area (Å²) >= 11 is 0. The number of unbranched alkanes of at least 4 members (excludes halogenated alkanes) is 2. The van der Waals surface area contributed by atoms with Crippen molar-refractivity contribution < 1.29 is 0 Å². The molecule has 0 amide bonds. The Hall–Kier alpha value is -0.260. The van der Waals surface area contributed by atoms with Gasteiger partial charge < -0.3 is 0 Å². The summed E-state index contributed by atoms with van der Waals surface area (Å²) in [7, 11) is 0. The second-order valence-corrected chi connectivity index (χ2v) is 4.69. The van der Waals surface area contributed by atoms with Crippen molar-refractivity contribution in [3.05, 3.63) is 12.2 Å². The first-order valence-electron chi connectivity index (χ1n) is 5.72. The molecular formula is C13H26. The number of allylic oxidation sites excluding steroid dienone is 1. The Balaban J connectivity index is 3.80. The molecule has 0 aromatic rings. The van der Waals surface area contributed by atoms with Gasteiger partial charge in [0.2, 0.25) is 0 Å².